The van der Waals surface area contributed by atoms with E-state index in [4.69, 9.17) is 0 Å². The Bertz CT molecular complexity index is 443. The third kappa shape index (κ3) is 5.00. The van der Waals surface area contributed by atoms with Crippen LogP contribution in [0.2, 0.25) is 0 Å². The van der Waals surface area contributed by atoms with Crippen molar-refractivity contribution in [2.45, 2.75) is 71.5 Å². The largest absolute Gasteiger partial charge is 0.369 e. The van der Waals surface area contributed by atoms with Gasteiger partial charge in [-0.1, -0.05) is 42.3 Å². The summed E-state index contributed by atoms with van der Waals surface area (Å²) in [6.45, 7) is 9.04. The molecule has 1 N–H and O–H groups in total. The van der Waals surface area contributed by atoms with Crippen molar-refractivity contribution in [1.82, 2.24) is 5.32 Å². The van der Waals surface area contributed by atoms with Gasteiger partial charge < -0.3 is 10.2 Å². The van der Waals surface area contributed by atoms with Gasteiger partial charge in [0.2, 0.25) is 0 Å². The summed E-state index contributed by atoms with van der Waals surface area (Å²) in [6.07, 6.45) is 6.38. The SMILES string of the molecule is CCCCN(c1cc(Br)ccc1CNC1CC1)C(C)CC. The molecule has 0 heterocycles. The van der Waals surface area contributed by atoms with E-state index in [0.29, 0.717) is 6.04 Å². The first-order valence-electron chi connectivity index (χ1n) is 8.44. The molecule has 0 amide bonds. The molecule has 2 rings (SSSR count). The highest BCUT2D eigenvalue weighted by molar-refractivity contribution is 9.10. The Morgan fingerprint density at radius 2 is 2.10 bits per heavy atom. The first-order valence-corrected chi connectivity index (χ1v) is 9.23. The van der Waals surface area contributed by atoms with E-state index in [1.54, 1.807) is 0 Å². The molecule has 118 valence electrons. The molecule has 1 unspecified atom stereocenters. The smallest absolute Gasteiger partial charge is 0.0425 e. The molecular formula is C18H29BrN2. The third-order valence-electron chi connectivity index (χ3n) is 4.39. The second kappa shape index (κ2) is 8.19. The van der Waals surface area contributed by atoms with Gasteiger partial charge in [-0.2, -0.15) is 0 Å². The maximum Gasteiger partial charge on any atom is 0.0425 e. The Labute approximate surface area is 138 Å². The molecule has 0 aliphatic heterocycles. The molecule has 1 aliphatic rings. The minimum Gasteiger partial charge on any atom is -0.369 e. The fourth-order valence-corrected chi connectivity index (χ4v) is 2.97. The van der Waals surface area contributed by atoms with E-state index in [-0.39, 0.29) is 0 Å². The number of nitrogens with one attached hydrogen (secondary N) is 1. The zero-order chi connectivity index (χ0) is 15.2. The zero-order valence-corrected chi connectivity index (χ0v) is 15.2. The van der Waals surface area contributed by atoms with Crippen molar-refractivity contribution >= 4 is 21.6 Å². The fourth-order valence-electron chi connectivity index (χ4n) is 2.62. The van der Waals surface area contributed by atoms with Crippen molar-refractivity contribution in [3.63, 3.8) is 0 Å². The van der Waals surface area contributed by atoms with Gasteiger partial charge in [-0.3, -0.25) is 0 Å². The normalized spacial score (nSPS) is 16.0. The van der Waals surface area contributed by atoms with E-state index in [1.807, 2.05) is 0 Å². The summed E-state index contributed by atoms with van der Waals surface area (Å²) in [6, 6.07) is 8.09. The highest BCUT2D eigenvalue weighted by Crippen LogP contribution is 2.29. The number of rotatable bonds is 9. The molecule has 0 aromatic heterocycles. The summed E-state index contributed by atoms with van der Waals surface area (Å²) in [7, 11) is 0. The van der Waals surface area contributed by atoms with Gasteiger partial charge in [-0.25, -0.2) is 0 Å². The quantitative estimate of drug-likeness (QED) is 0.664. The van der Waals surface area contributed by atoms with Crippen LogP contribution in [0.25, 0.3) is 0 Å². The highest BCUT2D eigenvalue weighted by atomic mass is 79.9. The summed E-state index contributed by atoms with van der Waals surface area (Å²) < 4.78 is 1.18. The number of unbranched alkanes of at least 4 members (excludes halogenated alkanes) is 1. The van der Waals surface area contributed by atoms with Crippen molar-refractivity contribution in [3.8, 4) is 0 Å². The lowest BCUT2D eigenvalue weighted by molar-refractivity contribution is 0.590. The molecule has 0 saturated heterocycles. The molecule has 2 nitrogen and oxygen atoms in total. The van der Waals surface area contributed by atoms with E-state index < -0.39 is 0 Å². The minimum absolute atomic E-state index is 0.588. The summed E-state index contributed by atoms with van der Waals surface area (Å²) in [5.74, 6) is 0. The summed E-state index contributed by atoms with van der Waals surface area (Å²) in [5.41, 5.74) is 2.84. The first-order chi connectivity index (χ1) is 10.2. The van der Waals surface area contributed by atoms with E-state index >= 15 is 0 Å². The predicted molar refractivity (Wildman–Crippen MR) is 96.0 cm³/mol. The maximum absolute atomic E-state index is 3.66. The van der Waals surface area contributed by atoms with Gasteiger partial charge in [0.25, 0.3) is 0 Å². The molecule has 1 saturated carbocycles. The van der Waals surface area contributed by atoms with Crippen LogP contribution in [0.3, 0.4) is 0 Å². The van der Waals surface area contributed by atoms with Crippen LogP contribution >= 0.6 is 15.9 Å². The lowest BCUT2D eigenvalue weighted by atomic mass is 10.1. The molecule has 3 heteroatoms. The van der Waals surface area contributed by atoms with Crippen molar-refractivity contribution in [3.05, 3.63) is 28.2 Å². The summed E-state index contributed by atoms with van der Waals surface area (Å²) in [4.78, 5) is 2.60. The van der Waals surface area contributed by atoms with E-state index in [9.17, 15) is 0 Å². The van der Waals surface area contributed by atoms with Crippen LogP contribution in [0.15, 0.2) is 22.7 Å². The van der Waals surface area contributed by atoms with Crippen LogP contribution in [-0.2, 0) is 6.54 Å². The van der Waals surface area contributed by atoms with Crippen LogP contribution < -0.4 is 10.2 Å². The maximum atomic E-state index is 3.66. The second-order valence-corrected chi connectivity index (χ2v) is 7.15. The molecule has 21 heavy (non-hydrogen) atoms. The first kappa shape index (κ1) is 16.8. The van der Waals surface area contributed by atoms with Gasteiger partial charge in [0.05, 0.1) is 0 Å². The molecule has 1 aromatic rings. The van der Waals surface area contributed by atoms with Crippen molar-refractivity contribution in [2.24, 2.45) is 0 Å². The number of anilines is 1. The molecule has 1 aromatic carbocycles. The Morgan fingerprint density at radius 1 is 1.33 bits per heavy atom. The second-order valence-electron chi connectivity index (χ2n) is 6.23. The van der Waals surface area contributed by atoms with Gasteiger partial charge in [-0.05, 0) is 50.3 Å². The Morgan fingerprint density at radius 3 is 2.71 bits per heavy atom. The van der Waals surface area contributed by atoms with Crippen LogP contribution in [-0.4, -0.2) is 18.6 Å². The van der Waals surface area contributed by atoms with Gasteiger partial charge >= 0.3 is 0 Å². The monoisotopic (exact) mass is 352 g/mol. The lowest BCUT2D eigenvalue weighted by Gasteiger charge is -2.33. The number of hydrogen-bond donors (Lipinski definition) is 1. The predicted octanol–water partition coefficient (Wildman–Crippen LogP) is 5.11. The Kier molecular flexibility index (Phi) is 6.56. The molecular weight excluding hydrogens is 324 g/mol. The average molecular weight is 353 g/mol. The molecule has 1 aliphatic carbocycles. The molecule has 0 radical (unpaired) electrons. The topological polar surface area (TPSA) is 15.3 Å². The van der Waals surface area contributed by atoms with Gasteiger partial charge in [0.15, 0.2) is 0 Å². The minimum atomic E-state index is 0.588. The summed E-state index contributed by atoms with van der Waals surface area (Å²) in [5, 5.41) is 3.66. The van der Waals surface area contributed by atoms with Crippen LogP contribution in [0.4, 0.5) is 5.69 Å². The lowest BCUT2D eigenvalue weighted by Crippen LogP contribution is -2.34. The Balaban J connectivity index is 2.19. The van der Waals surface area contributed by atoms with Crippen LogP contribution in [0.1, 0.15) is 58.4 Å². The van der Waals surface area contributed by atoms with Crippen LogP contribution in [0.5, 0.6) is 0 Å². The van der Waals surface area contributed by atoms with Gasteiger partial charge in [0.1, 0.15) is 0 Å². The van der Waals surface area contributed by atoms with E-state index in [2.05, 4.69) is 65.1 Å². The molecule has 1 atom stereocenters. The van der Waals surface area contributed by atoms with Crippen molar-refractivity contribution in [2.75, 3.05) is 11.4 Å². The Hall–Kier alpha value is -0.540. The highest BCUT2D eigenvalue weighted by Gasteiger charge is 2.22. The average Bonchev–Trinajstić information content (AvgIpc) is 3.30. The number of halogens is 1. The standard InChI is InChI=1S/C18H29BrN2/c1-4-6-11-21(14(3)5-2)18-12-16(19)8-7-15(18)13-20-17-9-10-17/h7-8,12,14,17,20H,4-6,9-11,13H2,1-3H3. The number of benzene rings is 1. The van der Waals surface area contributed by atoms with Crippen molar-refractivity contribution in [1.29, 1.82) is 0 Å². The van der Waals surface area contributed by atoms with Gasteiger partial charge in [0, 0.05) is 35.3 Å². The number of hydrogen-bond acceptors (Lipinski definition) is 2. The molecule has 0 spiro atoms. The molecule has 1 fully saturated rings. The zero-order valence-electron chi connectivity index (χ0n) is 13.7. The van der Waals surface area contributed by atoms with Gasteiger partial charge in [-0.15, -0.1) is 0 Å². The number of nitrogens with zero attached hydrogens (tertiary/aromatic N) is 1. The van der Waals surface area contributed by atoms with Crippen molar-refractivity contribution < 1.29 is 0 Å². The van der Waals surface area contributed by atoms with E-state index in [1.165, 1.54) is 47.8 Å². The van der Waals surface area contributed by atoms with E-state index in [0.717, 1.165) is 19.1 Å². The molecule has 0 bridgehead atoms. The summed E-state index contributed by atoms with van der Waals surface area (Å²) >= 11 is 3.65. The van der Waals surface area contributed by atoms with Crippen LogP contribution in [0, 0.1) is 0 Å². The third-order valence-corrected chi connectivity index (χ3v) is 4.88. The fraction of sp³-hybridized carbons (Fsp3) is 0.667.